The summed E-state index contributed by atoms with van der Waals surface area (Å²) in [6, 6.07) is 12.2. The minimum atomic E-state index is -0.107. The van der Waals surface area contributed by atoms with Gasteiger partial charge in [0.1, 0.15) is 16.9 Å². The van der Waals surface area contributed by atoms with Crippen molar-refractivity contribution in [3.63, 3.8) is 0 Å². The van der Waals surface area contributed by atoms with Gasteiger partial charge < -0.3 is 14.8 Å². The number of hydrogen-bond donors (Lipinski definition) is 1. The highest BCUT2D eigenvalue weighted by Gasteiger charge is 2.27. The lowest BCUT2D eigenvalue weighted by Crippen LogP contribution is -2.35. The van der Waals surface area contributed by atoms with Crippen molar-refractivity contribution >= 4 is 28.2 Å². The lowest BCUT2D eigenvalue weighted by atomic mass is 9.97. The van der Waals surface area contributed by atoms with Gasteiger partial charge in [0, 0.05) is 50.1 Å². The molecular weight excluding hydrogens is 434 g/mol. The zero-order valence-electron chi connectivity index (χ0n) is 18.9. The van der Waals surface area contributed by atoms with Crippen LogP contribution < -0.4 is 5.32 Å². The van der Waals surface area contributed by atoms with Crippen molar-refractivity contribution in [1.82, 2.24) is 14.5 Å². The van der Waals surface area contributed by atoms with Crippen LogP contribution in [0.1, 0.15) is 53.1 Å². The lowest BCUT2D eigenvalue weighted by molar-refractivity contribution is -0.132. The quantitative estimate of drug-likeness (QED) is 0.576. The molecule has 0 saturated carbocycles. The topological polar surface area (TPSA) is 91.0 Å². The molecule has 170 valence electrons. The number of imidazole rings is 1. The predicted molar refractivity (Wildman–Crippen MR) is 128 cm³/mol. The SMILES string of the molecule is C[C@@H](CC(=O)Nc1sc2c(c1C#N)CCN(C(=O)CCc1nccn1C)C2)c1ccccc1. The molecule has 1 N–H and O–H groups in total. The predicted octanol–water partition coefficient (Wildman–Crippen LogP) is 4.00. The molecule has 1 aliphatic rings. The highest BCUT2D eigenvalue weighted by Crippen LogP contribution is 2.37. The number of rotatable bonds is 7. The molecule has 1 aliphatic heterocycles. The van der Waals surface area contributed by atoms with E-state index in [1.807, 2.05) is 60.0 Å². The van der Waals surface area contributed by atoms with Crippen LogP contribution in [0.2, 0.25) is 0 Å². The van der Waals surface area contributed by atoms with Crippen LogP contribution in [0.15, 0.2) is 42.7 Å². The summed E-state index contributed by atoms with van der Waals surface area (Å²) in [4.78, 5) is 32.6. The van der Waals surface area contributed by atoms with Gasteiger partial charge in [-0.25, -0.2) is 4.98 Å². The summed E-state index contributed by atoms with van der Waals surface area (Å²) in [5, 5.41) is 13.3. The summed E-state index contributed by atoms with van der Waals surface area (Å²) in [5.74, 6) is 0.944. The van der Waals surface area contributed by atoms with E-state index in [2.05, 4.69) is 16.4 Å². The normalized spacial score (nSPS) is 13.8. The summed E-state index contributed by atoms with van der Waals surface area (Å²) >= 11 is 1.41. The highest BCUT2D eigenvalue weighted by molar-refractivity contribution is 7.16. The lowest BCUT2D eigenvalue weighted by Gasteiger charge is -2.27. The van der Waals surface area contributed by atoms with E-state index in [-0.39, 0.29) is 17.7 Å². The van der Waals surface area contributed by atoms with Gasteiger partial charge in [0.05, 0.1) is 12.1 Å². The Morgan fingerprint density at radius 1 is 1.30 bits per heavy atom. The molecule has 3 aromatic rings. The van der Waals surface area contributed by atoms with Crippen molar-refractivity contribution in [2.24, 2.45) is 7.05 Å². The van der Waals surface area contributed by atoms with Crippen molar-refractivity contribution < 1.29 is 9.59 Å². The van der Waals surface area contributed by atoms with Gasteiger partial charge in [0.15, 0.2) is 0 Å². The molecule has 2 aromatic heterocycles. The number of benzene rings is 1. The molecule has 0 unspecified atom stereocenters. The number of hydrogen-bond acceptors (Lipinski definition) is 5. The molecule has 0 aliphatic carbocycles. The van der Waals surface area contributed by atoms with Crippen LogP contribution in [-0.4, -0.2) is 32.8 Å². The summed E-state index contributed by atoms with van der Waals surface area (Å²) < 4.78 is 1.92. The molecule has 4 rings (SSSR count). The molecule has 8 heteroatoms. The van der Waals surface area contributed by atoms with Crippen LogP contribution in [-0.2, 0) is 36.0 Å². The zero-order chi connectivity index (χ0) is 23.4. The molecule has 0 spiro atoms. The molecule has 1 aromatic carbocycles. The molecule has 0 fully saturated rings. The van der Waals surface area contributed by atoms with Crippen molar-refractivity contribution in [2.75, 3.05) is 11.9 Å². The van der Waals surface area contributed by atoms with Crippen molar-refractivity contribution in [3.05, 3.63) is 70.1 Å². The van der Waals surface area contributed by atoms with Gasteiger partial charge in [-0.3, -0.25) is 9.59 Å². The Hall–Kier alpha value is -3.44. The minimum Gasteiger partial charge on any atom is -0.338 e. The fraction of sp³-hybridized carbons (Fsp3) is 0.360. The standard InChI is InChI=1S/C25H27N5O2S/c1-17(18-6-4-3-5-7-18)14-23(31)28-25-20(15-26)19-10-12-30(16-21(19)33-25)24(32)9-8-22-27-11-13-29(22)2/h3-7,11,13,17H,8-10,12,14,16H2,1-2H3,(H,28,31)/t17-/m0/s1. The Morgan fingerprint density at radius 2 is 2.09 bits per heavy atom. The first-order valence-corrected chi connectivity index (χ1v) is 11.9. The number of carbonyl (C=O) groups excluding carboxylic acids is 2. The van der Waals surface area contributed by atoms with Crippen LogP contribution in [0, 0.1) is 11.3 Å². The van der Waals surface area contributed by atoms with Gasteiger partial charge in [0.2, 0.25) is 11.8 Å². The zero-order valence-corrected chi connectivity index (χ0v) is 19.7. The van der Waals surface area contributed by atoms with Gasteiger partial charge in [0.25, 0.3) is 0 Å². The minimum absolute atomic E-state index is 0.0813. The number of aromatic nitrogens is 2. The van der Waals surface area contributed by atoms with Crippen LogP contribution in [0.25, 0.3) is 0 Å². The van der Waals surface area contributed by atoms with Gasteiger partial charge >= 0.3 is 0 Å². The fourth-order valence-electron chi connectivity index (χ4n) is 4.19. The molecular formula is C25H27N5O2S. The molecule has 1 atom stereocenters. The second-order valence-corrected chi connectivity index (χ2v) is 9.51. The number of nitriles is 1. The number of nitrogens with zero attached hydrogens (tertiary/aromatic N) is 4. The largest absolute Gasteiger partial charge is 0.338 e. The Morgan fingerprint density at radius 3 is 2.79 bits per heavy atom. The smallest absolute Gasteiger partial charge is 0.225 e. The molecule has 33 heavy (non-hydrogen) atoms. The number of thiophene rings is 1. The van der Waals surface area contributed by atoms with Crippen LogP contribution in [0.3, 0.4) is 0 Å². The van der Waals surface area contributed by atoms with E-state index in [9.17, 15) is 14.9 Å². The van der Waals surface area contributed by atoms with E-state index in [0.717, 1.165) is 21.8 Å². The van der Waals surface area contributed by atoms with Gasteiger partial charge in [-0.1, -0.05) is 37.3 Å². The Balaban J connectivity index is 1.40. The maximum Gasteiger partial charge on any atom is 0.225 e. The number of fused-ring (bicyclic) bond motifs is 1. The first-order valence-electron chi connectivity index (χ1n) is 11.1. The average molecular weight is 462 g/mol. The molecule has 2 amide bonds. The third-order valence-electron chi connectivity index (χ3n) is 6.12. The number of amides is 2. The molecule has 7 nitrogen and oxygen atoms in total. The summed E-state index contributed by atoms with van der Waals surface area (Å²) in [5.41, 5.74) is 2.61. The third-order valence-corrected chi connectivity index (χ3v) is 7.25. The van der Waals surface area contributed by atoms with E-state index in [1.54, 1.807) is 6.20 Å². The molecule has 0 bridgehead atoms. The van der Waals surface area contributed by atoms with Crippen LogP contribution >= 0.6 is 11.3 Å². The number of nitrogens with one attached hydrogen (secondary N) is 1. The van der Waals surface area contributed by atoms with E-state index in [0.29, 0.717) is 49.3 Å². The Labute approximate surface area is 197 Å². The molecule has 3 heterocycles. The van der Waals surface area contributed by atoms with Gasteiger partial charge in [-0.15, -0.1) is 11.3 Å². The average Bonchev–Trinajstić information content (AvgIpc) is 3.39. The van der Waals surface area contributed by atoms with Gasteiger partial charge in [-0.2, -0.15) is 5.26 Å². The van der Waals surface area contributed by atoms with Crippen molar-refractivity contribution in [3.8, 4) is 6.07 Å². The maximum absolute atomic E-state index is 12.8. The summed E-state index contributed by atoms with van der Waals surface area (Å²) in [7, 11) is 1.92. The number of aryl methyl sites for hydroxylation is 2. The third kappa shape index (κ3) is 5.15. The van der Waals surface area contributed by atoms with Crippen LogP contribution in [0.4, 0.5) is 5.00 Å². The second-order valence-electron chi connectivity index (χ2n) is 8.40. The van der Waals surface area contributed by atoms with Crippen molar-refractivity contribution in [1.29, 1.82) is 5.26 Å². The van der Waals surface area contributed by atoms with E-state index >= 15 is 0 Å². The molecule has 0 radical (unpaired) electrons. The van der Waals surface area contributed by atoms with Crippen molar-refractivity contribution in [2.45, 2.75) is 45.1 Å². The van der Waals surface area contributed by atoms with E-state index in [1.165, 1.54) is 11.3 Å². The van der Waals surface area contributed by atoms with Gasteiger partial charge in [-0.05, 0) is 23.5 Å². The van der Waals surface area contributed by atoms with E-state index < -0.39 is 0 Å². The monoisotopic (exact) mass is 461 g/mol. The van der Waals surface area contributed by atoms with E-state index in [4.69, 9.17) is 0 Å². The maximum atomic E-state index is 12.8. The molecule has 0 saturated heterocycles. The summed E-state index contributed by atoms with van der Waals surface area (Å²) in [6.07, 6.45) is 5.57. The number of carbonyl (C=O) groups is 2. The second kappa shape index (κ2) is 10.0. The first-order chi connectivity index (χ1) is 16.0. The summed E-state index contributed by atoms with van der Waals surface area (Å²) in [6.45, 7) is 3.08. The fourth-order valence-corrected chi connectivity index (χ4v) is 5.42. The number of anilines is 1. The van der Waals surface area contributed by atoms with Crippen LogP contribution in [0.5, 0.6) is 0 Å². The highest BCUT2D eigenvalue weighted by atomic mass is 32.1. The Bertz CT molecular complexity index is 1190. The Kier molecular flexibility index (Phi) is 6.90. The first kappa shape index (κ1) is 22.7.